The van der Waals surface area contributed by atoms with Crippen molar-refractivity contribution in [3.05, 3.63) is 101 Å². The topological polar surface area (TPSA) is 69.2 Å². The van der Waals surface area contributed by atoms with Crippen molar-refractivity contribution in [2.24, 2.45) is 0 Å². The quantitative estimate of drug-likeness (QED) is 0.530. The summed E-state index contributed by atoms with van der Waals surface area (Å²) in [4.78, 5) is 24.2. The highest BCUT2D eigenvalue weighted by Gasteiger charge is 2.17. The van der Waals surface area contributed by atoms with Gasteiger partial charge in [0.2, 0.25) is 0 Å². The number of thiophene rings is 1. The van der Waals surface area contributed by atoms with Crippen LogP contribution in [0, 0.1) is 0 Å². The van der Waals surface area contributed by atoms with Crippen molar-refractivity contribution in [2.75, 3.05) is 5.32 Å². The highest BCUT2D eigenvalue weighted by molar-refractivity contribution is 7.15. The van der Waals surface area contributed by atoms with Crippen LogP contribution in [0.4, 0.5) is 5.00 Å². The number of benzene rings is 3. The number of carboxylic acids is 1. The molecule has 0 aliphatic rings. The molecule has 1 heterocycles. The zero-order valence-corrected chi connectivity index (χ0v) is 16.1. The Hall–Kier alpha value is -3.70. The van der Waals surface area contributed by atoms with E-state index in [1.807, 2.05) is 60.7 Å². The Kier molecular flexibility index (Phi) is 5.22. The van der Waals surface area contributed by atoms with Crippen LogP contribution in [-0.4, -0.2) is 11.9 Å². The molecule has 0 spiro atoms. The van der Waals surface area contributed by atoms with Crippen molar-refractivity contribution >= 4 is 28.2 Å². The molecule has 29 heavy (non-hydrogen) atoms. The largest absolute Gasteiger partial charge is 0.545 e. The third-order valence-electron chi connectivity index (χ3n) is 4.56. The second-order valence-electron chi connectivity index (χ2n) is 6.40. The maximum absolute atomic E-state index is 12.4. The van der Waals surface area contributed by atoms with E-state index in [9.17, 15) is 14.7 Å². The lowest BCUT2D eigenvalue weighted by Gasteiger charge is -2.11. The maximum atomic E-state index is 12.4. The molecule has 142 valence electrons. The summed E-state index contributed by atoms with van der Waals surface area (Å²) in [6.07, 6.45) is 0. The summed E-state index contributed by atoms with van der Waals surface area (Å²) in [5, 5.41) is 16.5. The minimum absolute atomic E-state index is 0.00765. The monoisotopic (exact) mass is 398 g/mol. The smallest absolute Gasteiger partial charge is 0.256 e. The van der Waals surface area contributed by atoms with E-state index in [-0.39, 0.29) is 16.5 Å². The van der Waals surface area contributed by atoms with E-state index in [1.165, 1.54) is 11.3 Å². The van der Waals surface area contributed by atoms with Gasteiger partial charge in [-0.05, 0) is 28.8 Å². The average Bonchev–Trinajstić information content (AvgIpc) is 3.19. The summed E-state index contributed by atoms with van der Waals surface area (Å²) in [6, 6.07) is 26.2. The summed E-state index contributed by atoms with van der Waals surface area (Å²) in [5.41, 5.74) is 3.85. The average molecular weight is 398 g/mol. The summed E-state index contributed by atoms with van der Waals surface area (Å²) in [7, 11) is 0. The van der Waals surface area contributed by atoms with E-state index in [4.69, 9.17) is 0 Å². The molecule has 1 aromatic heterocycles. The zero-order valence-electron chi connectivity index (χ0n) is 15.3. The second kappa shape index (κ2) is 8.12. The Balaban J connectivity index is 1.65. The van der Waals surface area contributed by atoms with Crippen LogP contribution in [0.25, 0.3) is 22.3 Å². The first-order valence-corrected chi connectivity index (χ1v) is 9.86. The molecule has 3 aromatic carbocycles. The SMILES string of the molecule is O=C(Nc1scc(-c2ccc(-c3ccccc3)cc2)c1C(=O)[O-])c1ccccc1. The Morgan fingerprint density at radius 1 is 0.724 bits per heavy atom. The second-order valence-corrected chi connectivity index (χ2v) is 7.28. The van der Waals surface area contributed by atoms with E-state index < -0.39 is 5.97 Å². The number of rotatable bonds is 5. The molecular formula is C24H16NO3S-. The molecule has 0 atom stereocenters. The Morgan fingerprint density at radius 2 is 1.28 bits per heavy atom. The third kappa shape index (κ3) is 3.95. The molecular weight excluding hydrogens is 382 g/mol. The van der Waals surface area contributed by atoms with Crippen molar-refractivity contribution in [1.29, 1.82) is 0 Å². The summed E-state index contributed by atoms with van der Waals surface area (Å²) in [5.74, 6) is -1.68. The van der Waals surface area contributed by atoms with E-state index in [2.05, 4.69) is 5.32 Å². The molecule has 4 aromatic rings. The summed E-state index contributed by atoms with van der Waals surface area (Å²) in [6.45, 7) is 0. The van der Waals surface area contributed by atoms with Crippen LogP contribution in [-0.2, 0) is 0 Å². The van der Waals surface area contributed by atoms with Gasteiger partial charge in [0, 0.05) is 22.1 Å². The highest BCUT2D eigenvalue weighted by atomic mass is 32.1. The molecule has 0 saturated carbocycles. The van der Waals surface area contributed by atoms with Crippen molar-refractivity contribution in [1.82, 2.24) is 0 Å². The molecule has 0 fully saturated rings. The van der Waals surface area contributed by atoms with Gasteiger partial charge in [-0.3, -0.25) is 4.79 Å². The predicted octanol–water partition coefficient (Wildman–Crippen LogP) is 4.70. The molecule has 0 bridgehead atoms. The van der Waals surface area contributed by atoms with Crippen LogP contribution in [0.15, 0.2) is 90.3 Å². The fraction of sp³-hybridized carbons (Fsp3) is 0. The van der Waals surface area contributed by atoms with Gasteiger partial charge in [0.05, 0.1) is 5.97 Å². The molecule has 4 nitrogen and oxygen atoms in total. The molecule has 0 unspecified atom stereocenters. The minimum atomic E-state index is -1.32. The fourth-order valence-electron chi connectivity index (χ4n) is 3.10. The van der Waals surface area contributed by atoms with Crippen LogP contribution in [0.3, 0.4) is 0 Å². The molecule has 0 radical (unpaired) electrons. The summed E-state index contributed by atoms with van der Waals surface area (Å²) < 4.78 is 0. The normalized spacial score (nSPS) is 10.5. The van der Waals surface area contributed by atoms with Gasteiger partial charge >= 0.3 is 0 Å². The van der Waals surface area contributed by atoms with Gasteiger partial charge in [-0.25, -0.2) is 0 Å². The number of carbonyl (C=O) groups excluding carboxylic acids is 2. The van der Waals surface area contributed by atoms with Gasteiger partial charge in [0.15, 0.2) is 0 Å². The molecule has 4 rings (SSSR count). The maximum Gasteiger partial charge on any atom is 0.256 e. The van der Waals surface area contributed by atoms with Gasteiger partial charge in [-0.15, -0.1) is 11.3 Å². The van der Waals surface area contributed by atoms with Crippen molar-refractivity contribution in [3.63, 3.8) is 0 Å². The fourth-order valence-corrected chi connectivity index (χ4v) is 4.06. The van der Waals surface area contributed by atoms with Crippen molar-refractivity contribution in [2.45, 2.75) is 0 Å². The number of hydrogen-bond donors (Lipinski definition) is 1. The van der Waals surface area contributed by atoms with E-state index in [0.717, 1.165) is 16.7 Å². The number of anilines is 1. The highest BCUT2D eigenvalue weighted by Crippen LogP contribution is 2.36. The third-order valence-corrected chi connectivity index (χ3v) is 5.46. The van der Waals surface area contributed by atoms with Gasteiger partial charge in [-0.1, -0.05) is 72.8 Å². The van der Waals surface area contributed by atoms with Crippen LogP contribution >= 0.6 is 11.3 Å². The van der Waals surface area contributed by atoms with Gasteiger partial charge in [0.1, 0.15) is 5.00 Å². The lowest BCUT2D eigenvalue weighted by molar-refractivity contribution is -0.254. The Labute approximate surface area is 172 Å². The van der Waals surface area contributed by atoms with Gasteiger partial charge in [0.25, 0.3) is 5.91 Å². The molecule has 0 aliphatic carbocycles. The molecule has 1 amide bonds. The van der Waals surface area contributed by atoms with Crippen molar-refractivity contribution < 1.29 is 14.7 Å². The van der Waals surface area contributed by atoms with Gasteiger partial charge < -0.3 is 15.2 Å². The standard InChI is InChI=1S/C24H17NO3S/c26-22(19-9-5-2-6-10-19)25-23-21(24(27)28)20(15-29-23)18-13-11-17(12-14-18)16-7-3-1-4-8-16/h1-15H,(H,25,26)(H,27,28)/p-1. The number of nitrogens with one attached hydrogen (secondary N) is 1. The number of carboxylic acid groups (broad SMARTS) is 1. The van der Waals surface area contributed by atoms with Crippen LogP contribution in [0.2, 0.25) is 0 Å². The van der Waals surface area contributed by atoms with E-state index >= 15 is 0 Å². The first-order chi connectivity index (χ1) is 14.1. The first-order valence-electron chi connectivity index (χ1n) is 8.98. The van der Waals surface area contributed by atoms with Crippen molar-refractivity contribution in [3.8, 4) is 22.3 Å². The van der Waals surface area contributed by atoms with Crippen LogP contribution in [0.1, 0.15) is 20.7 Å². The Morgan fingerprint density at radius 3 is 1.90 bits per heavy atom. The number of carbonyl (C=O) groups is 2. The summed E-state index contributed by atoms with van der Waals surface area (Å²) >= 11 is 1.17. The zero-order chi connectivity index (χ0) is 20.2. The van der Waals surface area contributed by atoms with E-state index in [1.54, 1.807) is 29.6 Å². The molecule has 0 aliphatic heterocycles. The molecule has 5 heteroatoms. The molecule has 0 saturated heterocycles. The first kappa shape index (κ1) is 18.7. The van der Waals surface area contributed by atoms with E-state index in [0.29, 0.717) is 11.1 Å². The lowest BCUT2D eigenvalue weighted by atomic mass is 9.99. The van der Waals surface area contributed by atoms with Crippen LogP contribution < -0.4 is 10.4 Å². The number of amides is 1. The molecule has 1 N–H and O–H groups in total. The number of hydrogen-bond acceptors (Lipinski definition) is 4. The lowest BCUT2D eigenvalue weighted by Crippen LogP contribution is -2.24. The van der Waals surface area contributed by atoms with Gasteiger partial charge in [-0.2, -0.15) is 0 Å². The minimum Gasteiger partial charge on any atom is -0.545 e. The van der Waals surface area contributed by atoms with Crippen LogP contribution in [0.5, 0.6) is 0 Å². The number of aromatic carboxylic acids is 1. The Bertz CT molecular complexity index is 1150. The predicted molar refractivity (Wildman–Crippen MR) is 114 cm³/mol.